The minimum Gasteiger partial charge on any atom is -0.392 e. The molecule has 8 N–H and O–H groups in total. The Hall–Kier alpha value is -4.87. The normalized spacial score (nSPS) is 12.8. The van der Waals surface area contributed by atoms with Gasteiger partial charge in [0.15, 0.2) is 0 Å². The molecule has 0 unspecified atom stereocenters. The number of benzene rings is 1. The molecule has 0 aromatic heterocycles. The number of imide groups is 1. The molecule has 0 bridgehead atoms. The van der Waals surface area contributed by atoms with Gasteiger partial charge in [-0.05, 0) is 43.4 Å². The van der Waals surface area contributed by atoms with Crippen molar-refractivity contribution < 1.29 is 48.1 Å². The van der Waals surface area contributed by atoms with E-state index in [4.69, 9.17) is 15.2 Å². The van der Waals surface area contributed by atoms with Crippen LogP contribution in [0.5, 0.6) is 0 Å². The van der Waals surface area contributed by atoms with Gasteiger partial charge < -0.3 is 46.9 Å². The number of urea groups is 1. The molecule has 0 fully saturated rings. The molecule has 1 aromatic carbocycles. The molecule has 48 heavy (non-hydrogen) atoms. The molecule has 0 radical (unpaired) electrons. The minimum atomic E-state index is -0.945. The number of primary amides is 1. The molecule has 8 amide bonds. The summed E-state index contributed by atoms with van der Waals surface area (Å²) in [5, 5.41) is 22.2. The number of aliphatic hydroxyl groups is 1. The Morgan fingerprint density at radius 1 is 0.792 bits per heavy atom. The zero-order valence-electron chi connectivity index (χ0n) is 26.8. The van der Waals surface area contributed by atoms with E-state index in [0.717, 1.165) is 4.90 Å². The molecule has 1 aromatic rings. The quantitative estimate of drug-likeness (QED) is 0.0509. The maximum absolute atomic E-state index is 12.9. The third-order valence-corrected chi connectivity index (χ3v) is 6.84. The van der Waals surface area contributed by atoms with Gasteiger partial charge in [0.25, 0.3) is 11.8 Å². The first-order valence-electron chi connectivity index (χ1n) is 15.6. The summed E-state index contributed by atoms with van der Waals surface area (Å²) in [4.78, 5) is 84.3. The van der Waals surface area contributed by atoms with Gasteiger partial charge in [0.05, 0.1) is 39.5 Å². The lowest BCUT2D eigenvalue weighted by molar-refractivity contribution is -0.138. The maximum atomic E-state index is 12.9. The smallest absolute Gasteiger partial charge is 0.312 e. The first kappa shape index (κ1) is 39.3. The summed E-state index contributed by atoms with van der Waals surface area (Å²) in [5.74, 6) is -2.43. The van der Waals surface area contributed by atoms with Crippen LogP contribution < -0.4 is 32.3 Å². The molecule has 0 saturated carbocycles. The summed E-state index contributed by atoms with van der Waals surface area (Å²) >= 11 is 0. The topological polar surface area (TPSA) is 248 Å². The number of unbranched alkanes of at least 4 members (excludes halogenated alkanes) is 2. The van der Waals surface area contributed by atoms with Crippen molar-refractivity contribution in [3.05, 3.63) is 42.0 Å². The third-order valence-electron chi connectivity index (χ3n) is 6.84. The predicted molar refractivity (Wildman–Crippen MR) is 172 cm³/mol. The second-order valence-electron chi connectivity index (χ2n) is 10.7. The van der Waals surface area contributed by atoms with Crippen LogP contribution in [0.1, 0.15) is 44.1 Å². The number of ether oxygens (including phenoxy) is 2. The van der Waals surface area contributed by atoms with E-state index in [1.165, 1.54) is 12.2 Å². The molecule has 264 valence electrons. The van der Waals surface area contributed by atoms with E-state index >= 15 is 0 Å². The van der Waals surface area contributed by atoms with Crippen LogP contribution in [0, 0.1) is 0 Å². The Bertz CT molecular complexity index is 1250. The molecule has 1 aliphatic rings. The minimum absolute atomic E-state index is 0.143. The van der Waals surface area contributed by atoms with Crippen molar-refractivity contribution in [3.63, 3.8) is 0 Å². The van der Waals surface area contributed by atoms with E-state index in [1.807, 2.05) is 0 Å². The number of rotatable bonds is 24. The average molecular weight is 676 g/mol. The van der Waals surface area contributed by atoms with E-state index < -0.39 is 23.9 Å². The summed E-state index contributed by atoms with van der Waals surface area (Å²) in [6.07, 6.45) is 4.96. The highest BCUT2D eigenvalue weighted by Crippen LogP contribution is 2.11. The molecule has 0 saturated heterocycles. The SMILES string of the molecule is NC(=O)NCCC[C@H](NC(=O)CNC(=O)CCCCCNC(=O)COCCOCCN1C(=O)C=CC1=O)C(=O)Nc1ccc(CO)cc1. The van der Waals surface area contributed by atoms with E-state index in [-0.39, 0.29) is 89.1 Å². The summed E-state index contributed by atoms with van der Waals surface area (Å²) in [7, 11) is 0. The summed E-state index contributed by atoms with van der Waals surface area (Å²) in [6, 6.07) is 4.88. The maximum Gasteiger partial charge on any atom is 0.312 e. The number of nitrogens with one attached hydrogen (secondary N) is 5. The Kier molecular flexibility index (Phi) is 18.5. The second-order valence-corrected chi connectivity index (χ2v) is 10.7. The van der Waals surface area contributed by atoms with Crippen LogP contribution in [-0.2, 0) is 44.8 Å². The van der Waals surface area contributed by atoms with Gasteiger partial charge in [-0.25, -0.2) is 4.79 Å². The summed E-state index contributed by atoms with van der Waals surface area (Å²) in [6.45, 7) is 0.675. The lowest BCUT2D eigenvalue weighted by atomic mass is 10.1. The van der Waals surface area contributed by atoms with Crippen LogP contribution in [0.4, 0.5) is 10.5 Å². The fourth-order valence-electron chi connectivity index (χ4n) is 4.28. The van der Waals surface area contributed by atoms with Gasteiger partial charge in [-0.15, -0.1) is 0 Å². The van der Waals surface area contributed by atoms with Gasteiger partial charge in [-0.2, -0.15) is 0 Å². The van der Waals surface area contributed by atoms with Gasteiger partial charge in [0.2, 0.25) is 23.6 Å². The fraction of sp³-hybridized carbons (Fsp3) is 0.516. The first-order valence-corrected chi connectivity index (χ1v) is 15.6. The van der Waals surface area contributed by atoms with Crippen molar-refractivity contribution in [1.82, 2.24) is 26.2 Å². The highest BCUT2D eigenvalue weighted by molar-refractivity contribution is 6.12. The Morgan fingerprint density at radius 2 is 1.48 bits per heavy atom. The van der Waals surface area contributed by atoms with Gasteiger partial charge in [-0.3, -0.25) is 33.7 Å². The number of anilines is 1. The number of carbonyl (C=O) groups is 7. The largest absolute Gasteiger partial charge is 0.392 e. The third kappa shape index (κ3) is 16.6. The van der Waals surface area contributed by atoms with Gasteiger partial charge in [-0.1, -0.05) is 18.6 Å². The number of nitrogens with two attached hydrogens (primary N) is 1. The highest BCUT2D eigenvalue weighted by Gasteiger charge is 2.23. The number of amides is 8. The molecule has 0 aliphatic carbocycles. The van der Waals surface area contributed by atoms with Crippen molar-refractivity contribution >= 4 is 47.2 Å². The lowest BCUT2D eigenvalue weighted by Gasteiger charge is -2.19. The lowest BCUT2D eigenvalue weighted by Crippen LogP contribution is -2.47. The van der Waals surface area contributed by atoms with Crippen molar-refractivity contribution in [3.8, 4) is 0 Å². The predicted octanol–water partition coefficient (Wildman–Crippen LogP) is -1.20. The molecule has 17 nitrogen and oxygen atoms in total. The molecule has 1 aliphatic heterocycles. The molecule has 1 atom stereocenters. The van der Waals surface area contributed by atoms with Crippen molar-refractivity contribution in [2.45, 2.75) is 51.2 Å². The molecule has 17 heteroatoms. The Balaban J connectivity index is 1.54. The number of nitrogens with zero attached hydrogens (tertiary/aromatic N) is 1. The molecular weight excluding hydrogens is 630 g/mol. The molecule has 0 spiro atoms. The van der Waals surface area contributed by atoms with E-state index in [1.54, 1.807) is 24.3 Å². The van der Waals surface area contributed by atoms with Crippen LogP contribution in [0.2, 0.25) is 0 Å². The van der Waals surface area contributed by atoms with Crippen LogP contribution in [0.25, 0.3) is 0 Å². The highest BCUT2D eigenvalue weighted by atomic mass is 16.5. The van der Waals surface area contributed by atoms with Gasteiger partial charge in [0.1, 0.15) is 12.6 Å². The average Bonchev–Trinajstić information content (AvgIpc) is 3.38. The summed E-state index contributed by atoms with van der Waals surface area (Å²) < 4.78 is 10.5. The first-order chi connectivity index (χ1) is 23.1. The zero-order chi connectivity index (χ0) is 35.1. The van der Waals surface area contributed by atoms with Crippen molar-refractivity contribution in [2.24, 2.45) is 5.73 Å². The monoisotopic (exact) mass is 675 g/mol. The molecule has 1 heterocycles. The number of hydrogen-bond donors (Lipinski definition) is 7. The number of aliphatic hydroxyl groups excluding tert-OH is 1. The molecule has 2 rings (SSSR count). The van der Waals surface area contributed by atoms with Gasteiger partial charge >= 0.3 is 6.03 Å². The number of carbonyl (C=O) groups excluding carboxylic acids is 7. The Morgan fingerprint density at radius 3 is 2.17 bits per heavy atom. The van der Waals surface area contributed by atoms with E-state index in [2.05, 4.69) is 26.6 Å². The standard InChI is InChI=1S/C31H45N7O10/c32-31(46)34-14-4-5-24(30(45)36-23-9-7-22(20-39)8-10-23)37-26(41)19-35-25(40)6-2-1-3-13-33-27(42)21-48-18-17-47-16-15-38-28(43)11-12-29(38)44/h7-12,24,39H,1-6,13-21H2,(H,33,42)(H,35,40)(H,36,45)(H,37,41)(H3,32,34,46)/t24-/m0/s1. The summed E-state index contributed by atoms with van der Waals surface area (Å²) in [5.41, 5.74) is 6.21. The second kappa shape index (κ2) is 22.6. The van der Waals surface area contributed by atoms with Crippen LogP contribution in [0.15, 0.2) is 36.4 Å². The Labute approximate surface area is 278 Å². The fourth-order valence-corrected chi connectivity index (χ4v) is 4.28. The molecular formula is C31H45N7O10. The van der Waals surface area contributed by atoms with Crippen LogP contribution in [-0.4, -0.2) is 110 Å². The van der Waals surface area contributed by atoms with Crippen molar-refractivity contribution in [2.75, 3.05) is 57.9 Å². The van der Waals surface area contributed by atoms with Crippen LogP contribution in [0.3, 0.4) is 0 Å². The number of hydrogen-bond acceptors (Lipinski definition) is 10. The zero-order valence-corrected chi connectivity index (χ0v) is 26.8. The van der Waals surface area contributed by atoms with E-state index in [0.29, 0.717) is 43.5 Å². The van der Waals surface area contributed by atoms with Gasteiger partial charge in [0, 0.05) is 37.3 Å². The van der Waals surface area contributed by atoms with E-state index in [9.17, 15) is 38.7 Å². The van der Waals surface area contributed by atoms with Crippen LogP contribution >= 0.6 is 0 Å². The van der Waals surface area contributed by atoms with Crippen molar-refractivity contribution in [1.29, 1.82) is 0 Å².